The fourth-order valence-electron chi connectivity index (χ4n) is 2.92. The molecule has 0 atom stereocenters. The number of para-hydroxylation sites is 1. The zero-order chi connectivity index (χ0) is 18.5. The third-order valence-corrected chi connectivity index (χ3v) is 4.22. The largest absolute Gasteiger partial charge is 0.383 e. The van der Waals surface area contributed by atoms with E-state index in [9.17, 15) is 0 Å². The highest BCUT2D eigenvalue weighted by atomic mass is 15.3. The fraction of sp³-hybridized carbons (Fsp3) is 0.150. The Bertz CT molecular complexity index is 990. The van der Waals surface area contributed by atoms with E-state index < -0.39 is 0 Å². The first-order chi connectivity index (χ1) is 13.3. The lowest BCUT2D eigenvalue weighted by Crippen LogP contribution is -2.11. The summed E-state index contributed by atoms with van der Waals surface area (Å²) < 4.78 is 3.62. The number of nitrogens with zero attached hydrogens (tertiary/aromatic N) is 5. The van der Waals surface area contributed by atoms with Crippen LogP contribution in [0, 0.1) is 0 Å². The van der Waals surface area contributed by atoms with E-state index in [-0.39, 0.29) is 0 Å². The molecule has 0 unspecified atom stereocenters. The topological polar surface area (TPSA) is 72.6 Å². The number of hydrogen-bond donors (Lipinski definition) is 2. The quantitative estimate of drug-likeness (QED) is 0.528. The van der Waals surface area contributed by atoms with Crippen molar-refractivity contribution in [3.8, 4) is 11.1 Å². The molecule has 0 fully saturated rings. The number of benzene rings is 2. The van der Waals surface area contributed by atoms with Gasteiger partial charge in [-0.15, -0.1) is 0 Å². The van der Waals surface area contributed by atoms with Gasteiger partial charge in [0.1, 0.15) is 12.7 Å². The summed E-state index contributed by atoms with van der Waals surface area (Å²) in [7, 11) is 1.92. The lowest BCUT2D eigenvalue weighted by molar-refractivity contribution is 0.636. The average molecular weight is 359 g/mol. The zero-order valence-electron chi connectivity index (χ0n) is 15.1. The van der Waals surface area contributed by atoms with E-state index in [2.05, 4.69) is 44.0 Å². The van der Waals surface area contributed by atoms with Crippen LogP contribution in [0.5, 0.6) is 0 Å². The maximum Gasteiger partial charge on any atom is 0.137 e. The van der Waals surface area contributed by atoms with E-state index in [4.69, 9.17) is 0 Å². The predicted octanol–water partition coefficient (Wildman–Crippen LogP) is 3.53. The number of aromatic nitrogens is 5. The van der Waals surface area contributed by atoms with Crippen LogP contribution >= 0.6 is 0 Å². The summed E-state index contributed by atoms with van der Waals surface area (Å²) in [5, 5.41) is 15.4. The maximum atomic E-state index is 4.30. The molecule has 0 aliphatic carbocycles. The number of nitrogens with one attached hydrogen (secondary N) is 2. The minimum absolute atomic E-state index is 0.739. The van der Waals surface area contributed by atoms with Crippen molar-refractivity contribution >= 4 is 17.1 Å². The maximum absolute atomic E-state index is 4.30. The van der Waals surface area contributed by atoms with Gasteiger partial charge in [-0.25, -0.2) is 4.98 Å². The number of anilines is 3. The summed E-state index contributed by atoms with van der Waals surface area (Å²) in [6.45, 7) is 1.48. The van der Waals surface area contributed by atoms with Gasteiger partial charge in [-0.1, -0.05) is 24.3 Å². The molecule has 7 heteroatoms. The number of aryl methyl sites for hydroxylation is 1. The van der Waals surface area contributed by atoms with E-state index in [1.807, 2.05) is 59.1 Å². The molecule has 0 bridgehead atoms. The zero-order valence-corrected chi connectivity index (χ0v) is 15.1. The van der Waals surface area contributed by atoms with Gasteiger partial charge < -0.3 is 10.6 Å². The summed E-state index contributed by atoms with van der Waals surface area (Å²) in [4.78, 5) is 3.98. The molecule has 7 nitrogen and oxygen atoms in total. The van der Waals surface area contributed by atoms with Crippen LogP contribution in [0.15, 0.2) is 73.6 Å². The molecule has 2 N–H and O–H groups in total. The van der Waals surface area contributed by atoms with Crippen molar-refractivity contribution in [3.63, 3.8) is 0 Å². The molecule has 0 aliphatic heterocycles. The summed E-state index contributed by atoms with van der Waals surface area (Å²) in [6.07, 6.45) is 7.16. The van der Waals surface area contributed by atoms with Crippen LogP contribution in [0.25, 0.3) is 11.1 Å². The van der Waals surface area contributed by atoms with Gasteiger partial charge in [0, 0.05) is 48.0 Å². The van der Waals surface area contributed by atoms with Gasteiger partial charge in [0.05, 0.1) is 12.7 Å². The van der Waals surface area contributed by atoms with Gasteiger partial charge in [-0.05, 0) is 24.3 Å². The van der Waals surface area contributed by atoms with E-state index in [0.717, 1.165) is 41.3 Å². The number of hydrogen-bond acceptors (Lipinski definition) is 5. The Morgan fingerprint density at radius 3 is 2.63 bits per heavy atom. The van der Waals surface area contributed by atoms with Gasteiger partial charge in [-0.3, -0.25) is 9.36 Å². The van der Waals surface area contributed by atoms with Crippen molar-refractivity contribution in [1.29, 1.82) is 0 Å². The van der Waals surface area contributed by atoms with Crippen molar-refractivity contribution in [2.45, 2.75) is 6.54 Å². The second-order valence-corrected chi connectivity index (χ2v) is 6.24. The van der Waals surface area contributed by atoms with Gasteiger partial charge in [-0.2, -0.15) is 10.2 Å². The fourth-order valence-corrected chi connectivity index (χ4v) is 2.92. The minimum atomic E-state index is 0.739. The molecular weight excluding hydrogens is 338 g/mol. The monoisotopic (exact) mass is 359 g/mol. The highest BCUT2D eigenvalue weighted by Crippen LogP contribution is 2.31. The lowest BCUT2D eigenvalue weighted by atomic mass is 10.1. The third-order valence-electron chi connectivity index (χ3n) is 4.22. The molecular formula is C20H21N7. The lowest BCUT2D eigenvalue weighted by Gasteiger charge is -2.14. The molecule has 4 rings (SSSR count). The molecule has 4 aromatic rings. The van der Waals surface area contributed by atoms with E-state index in [1.165, 1.54) is 0 Å². The second kappa shape index (κ2) is 7.74. The molecule has 0 aliphatic rings. The molecule has 0 saturated heterocycles. The normalized spacial score (nSPS) is 10.7. The van der Waals surface area contributed by atoms with Gasteiger partial charge >= 0.3 is 0 Å². The van der Waals surface area contributed by atoms with Crippen LogP contribution in [0.2, 0.25) is 0 Å². The van der Waals surface area contributed by atoms with Gasteiger partial charge in [0.25, 0.3) is 0 Å². The summed E-state index contributed by atoms with van der Waals surface area (Å²) in [5.41, 5.74) is 5.31. The standard InChI is InChI=1S/C20H21N7/c1-26-13-16(12-23-26)19-8-7-18(25-17-5-3-2-4-6-17)11-20(19)22-9-10-27-15-21-14-24-27/h2-8,11-15,22,25H,9-10H2,1H3. The van der Waals surface area contributed by atoms with Crippen LogP contribution in [0.3, 0.4) is 0 Å². The molecule has 136 valence electrons. The minimum Gasteiger partial charge on any atom is -0.383 e. The van der Waals surface area contributed by atoms with Gasteiger partial charge in [0.2, 0.25) is 0 Å². The number of rotatable bonds is 7. The van der Waals surface area contributed by atoms with Crippen LogP contribution in [-0.4, -0.2) is 31.1 Å². The smallest absolute Gasteiger partial charge is 0.137 e. The van der Waals surface area contributed by atoms with E-state index >= 15 is 0 Å². The van der Waals surface area contributed by atoms with Gasteiger partial charge in [0.15, 0.2) is 0 Å². The molecule has 27 heavy (non-hydrogen) atoms. The third kappa shape index (κ3) is 4.14. The molecule has 2 aromatic heterocycles. The molecule has 2 aromatic carbocycles. The highest BCUT2D eigenvalue weighted by molar-refractivity contribution is 5.81. The van der Waals surface area contributed by atoms with Crippen molar-refractivity contribution in [2.24, 2.45) is 7.05 Å². The van der Waals surface area contributed by atoms with E-state index in [1.54, 1.807) is 12.7 Å². The van der Waals surface area contributed by atoms with Crippen LogP contribution in [0.1, 0.15) is 0 Å². The van der Waals surface area contributed by atoms with Crippen molar-refractivity contribution in [3.05, 3.63) is 73.6 Å². The van der Waals surface area contributed by atoms with Crippen LogP contribution in [-0.2, 0) is 13.6 Å². The SMILES string of the molecule is Cn1cc(-c2ccc(Nc3ccccc3)cc2NCCn2cncn2)cn1. The Kier molecular flexibility index (Phi) is 4.82. The second-order valence-electron chi connectivity index (χ2n) is 6.24. The summed E-state index contributed by atoms with van der Waals surface area (Å²) >= 11 is 0. The molecule has 2 heterocycles. The first kappa shape index (κ1) is 16.8. The molecule has 0 saturated carbocycles. The molecule has 0 radical (unpaired) electrons. The van der Waals surface area contributed by atoms with E-state index in [0.29, 0.717) is 0 Å². The van der Waals surface area contributed by atoms with Crippen molar-refractivity contribution in [2.75, 3.05) is 17.2 Å². The Morgan fingerprint density at radius 2 is 1.89 bits per heavy atom. The average Bonchev–Trinajstić information content (AvgIpc) is 3.35. The Labute approximate surface area is 157 Å². The first-order valence-corrected chi connectivity index (χ1v) is 8.79. The summed E-state index contributed by atoms with van der Waals surface area (Å²) in [6, 6.07) is 16.5. The predicted molar refractivity (Wildman–Crippen MR) is 107 cm³/mol. The Balaban J connectivity index is 1.58. The molecule has 0 spiro atoms. The Morgan fingerprint density at radius 1 is 1.00 bits per heavy atom. The summed E-state index contributed by atoms with van der Waals surface area (Å²) in [5.74, 6) is 0. The van der Waals surface area contributed by atoms with Crippen LogP contribution < -0.4 is 10.6 Å². The molecule has 0 amide bonds. The first-order valence-electron chi connectivity index (χ1n) is 8.79. The van der Waals surface area contributed by atoms with Crippen LogP contribution in [0.4, 0.5) is 17.1 Å². The van der Waals surface area contributed by atoms with Crippen molar-refractivity contribution in [1.82, 2.24) is 24.5 Å². The van der Waals surface area contributed by atoms with Crippen molar-refractivity contribution < 1.29 is 0 Å². The Hall–Kier alpha value is -3.61. The highest BCUT2D eigenvalue weighted by Gasteiger charge is 2.09.